The normalized spacial score (nSPS) is 14.9. The molecule has 0 fully saturated rings. The number of H-pyrrole nitrogens is 1. The largest absolute Gasteiger partial charge is 0.451 e. The van der Waals surface area contributed by atoms with Crippen LogP contribution in [0.5, 0.6) is 0 Å². The molecule has 4 rings (SSSR count). The maximum absolute atomic E-state index is 12.6. The van der Waals surface area contributed by atoms with Gasteiger partial charge >= 0.3 is 6.18 Å². The average Bonchev–Trinajstić information content (AvgIpc) is 2.94. The third kappa shape index (κ3) is 2.36. The zero-order valence-electron chi connectivity index (χ0n) is 12.4. The molecule has 1 aliphatic carbocycles. The Balaban J connectivity index is 1.79. The zero-order valence-corrected chi connectivity index (χ0v) is 12.4. The summed E-state index contributed by atoms with van der Waals surface area (Å²) in [6, 6.07) is 5.48. The van der Waals surface area contributed by atoms with Gasteiger partial charge in [0.15, 0.2) is 5.78 Å². The SMILES string of the molecule is O=C1CCCc2c1[nH]c1ccc(-c3cnc(C(F)(F)F)nc3)cc21. The third-order valence-corrected chi connectivity index (χ3v) is 4.25. The van der Waals surface area contributed by atoms with Gasteiger partial charge in [0.25, 0.3) is 0 Å². The van der Waals surface area contributed by atoms with Crippen LogP contribution in [0.3, 0.4) is 0 Å². The molecule has 0 aliphatic heterocycles. The van der Waals surface area contributed by atoms with E-state index >= 15 is 0 Å². The highest BCUT2D eigenvalue weighted by Crippen LogP contribution is 2.32. The average molecular weight is 331 g/mol. The topological polar surface area (TPSA) is 58.6 Å². The second-order valence-corrected chi connectivity index (χ2v) is 5.81. The van der Waals surface area contributed by atoms with Gasteiger partial charge in [0, 0.05) is 35.3 Å². The van der Waals surface area contributed by atoms with Crippen LogP contribution in [0.15, 0.2) is 30.6 Å². The predicted molar refractivity (Wildman–Crippen MR) is 81.6 cm³/mol. The van der Waals surface area contributed by atoms with Crippen molar-refractivity contribution in [3.8, 4) is 11.1 Å². The number of halogens is 3. The quantitative estimate of drug-likeness (QED) is 0.728. The summed E-state index contributed by atoms with van der Waals surface area (Å²) in [7, 11) is 0. The summed E-state index contributed by atoms with van der Waals surface area (Å²) in [6.07, 6.45) is -0.0507. The molecule has 0 unspecified atom stereocenters. The molecule has 0 atom stereocenters. The summed E-state index contributed by atoms with van der Waals surface area (Å²) < 4.78 is 37.7. The van der Waals surface area contributed by atoms with Crippen LogP contribution in [-0.2, 0) is 12.6 Å². The molecular formula is C17H12F3N3O. The van der Waals surface area contributed by atoms with Gasteiger partial charge < -0.3 is 4.98 Å². The first-order valence-electron chi connectivity index (χ1n) is 7.51. The van der Waals surface area contributed by atoms with E-state index in [-0.39, 0.29) is 5.78 Å². The zero-order chi connectivity index (χ0) is 16.9. The molecule has 0 amide bonds. The second kappa shape index (κ2) is 5.15. The Labute approximate surface area is 134 Å². The van der Waals surface area contributed by atoms with Gasteiger partial charge in [-0.05, 0) is 36.1 Å². The number of hydrogen-bond acceptors (Lipinski definition) is 3. The molecule has 1 aliphatic rings. The van der Waals surface area contributed by atoms with Crippen molar-refractivity contribution in [3.63, 3.8) is 0 Å². The van der Waals surface area contributed by atoms with E-state index in [1.54, 1.807) is 6.07 Å². The number of alkyl halides is 3. The van der Waals surface area contributed by atoms with Crippen LogP contribution in [0.25, 0.3) is 22.0 Å². The maximum atomic E-state index is 12.6. The summed E-state index contributed by atoms with van der Waals surface area (Å²) in [5.74, 6) is -1.05. The van der Waals surface area contributed by atoms with Crippen molar-refractivity contribution in [1.82, 2.24) is 15.0 Å². The number of carbonyl (C=O) groups excluding carboxylic acids is 1. The van der Waals surface area contributed by atoms with Crippen LogP contribution in [0.2, 0.25) is 0 Å². The van der Waals surface area contributed by atoms with Crippen molar-refractivity contribution in [2.24, 2.45) is 0 Å². The van der Waals surface area contributed by atoms with Crippen LogP contribution >= 0.6 is 0 Å². The lowest BCUT2D eigenvalue weighted by atomic mass is 9.94. The Hall–Kier alpha value is -2.70. The van der Waals surface area contributed by atoms with Crippen LogP contribution in [0.4, 0.5) is 13.2 Å². The van der Waals surface area contributed by atoms with Crippen molar-refractivity contribution < 1.29 is 18.0 Å². The van der Waals surface area contributed by atoms with Crippen molar-refractivity contribution in [2.45, 2.75) is 25.4 Å². The first-order chi connectivity index (χ1) is 11.4. The third-order valence-electron chi connectivity index (χ3n) is 4.25. The standard InChI is InChI=1S/C17H12F3N3O/c18-17(19,20)16-21-7-10(8-22-16)9-4-5-13-12(6-9)11-2-1-3-14(24)15(11)23-13/h4-8,23H,1-3H2. The number of nitrogens with one attached hydrogen (secondary N) is 1. The number of carbonyl (C=O) groups is 1. The molecule has 1 N–H and O–H groups in total. The van der Waals surface area contributed by atoms with Gasteiger partial charge in [0.2, 0.25) is 5.82 Å². The molecular weight excluding hydrogens is 319 g/mol. The van der Waals surface area contributed by atoms with Crippen LogP contribution in [-0.4, -0.2) is 20.7 Å². The van der Waals surface area contributed by atoms with Crippen LogP contribution in [0.1, 0.15) is 34.7 Å². The fraction of sp³-hybridized carbons (Fsp3) is 0.235. The van der Waals surface area contributed by atoms with E-state index in [9.17, 15) is 18.0 Å². The smallest absolute Gasteiger partial charge is 0.352 e. The van der Waals surface area contributed by atoms with Gasteiger partial charge in [-0.25, -0.2) is 9.97 Å². The van der Waals surface area contributed by atoms with Gasteiger partial charge in [0.05, 0.1) is 5.69 Å². The predicted octanol–water partition coefficient (Wildman–Crippen LogP) is 4.16. The van der Waals surface area contributed by atoms with Gasteiger partial charge in [0.1, 0.15) is 0 Å². The van der Waals surface area contributed by atoms with E-state index in [1.165, 1.54) is 12.4 Å². The second-order valence-electron chi connectivity index (χ2n) is 5.81. The molecule has 2 aromatic heterocycles. The molecule has 24 heavy (non-hydrogen) atoms. The van der Waals surface area contributed by atoms with E-state index < -0.39 is 12.0 Å². The highest BCUT2D eigenvalue weighted by atomic mass is 19.4. The fourth-order valence-electron chi connectivity index (χ4n) is 3.10. The van der Waals surface area contributed by atoms with Gasteiger partial charge in [-0.15, -0.1) is 0 Å². The monoisotopic (exact) mass is 331 g/mol. The summed E-state index contributed by atoms with van der Waals surface area (Å²) in [5.41, 5.74) is 3.71. The Morgan fingerprint density at radius 3 is 2.50 bits per heavy atom. The number of fused-ring (bicyclic) bond motifs is 3. The molecule has 0 radical (unpaired) electrons. The van der Waals surface area contributed by atoms with Gasteiger partial charge in [-0.1, -0.05) is 6.07 Å². The number of aryl methyl sites for hydroxylation is 1. The summed E-state index contributed by atoms with van der Waals surface area (Å²) in [5, 5.41) is 0.926. The lowest BCUT2D eigenvalue weighted by molar-refractivity contribution is -0.144. The molecule has 3 aromatic rings. The number of ketones is 1. The van der Waals surface area contributed by atoms with Crippen molar-refractivity contribution in [2.75, 3.05) is 0 Å². The van der Waals surface area contributed by atoms with Crippen LogP contribution < -0.4 is 0 Å². The van der Waals surface area contributed by atoms with Gasteiger partial charge in [-0.3, -0.25) is 4.79 Å². The number of aromatic nitrogens is 3. The Bertz CT molecular complexity index is 942. The molecule has 0 bridgehead atoms. The highest BCUT2D eigenvalue weighted by Gasteiger charge is 2.34. The van der Waals surface area contributed by atoms with E-state index in [4.69, 9.17) is 0 Å². The number of rotatable bonds is 1. The summed E-state index contributed by atoms with van der Waals surface area (Å²) in [6.45, 7) is 0. The minimum atomic E-state index is -4.55. The number of hydrogen-bond donors (Lipinski definition) is 1. The van der Waals surface area contributed by atoms with E-state index in [0.717, 1.165) is 34.9 Å². The Morgan fingerprint density at radius 2 is 1.79 bits per heavy atom. The molecule has 2 heterocycles. The number of Topliss-reactive ketones (excluding diaryl/α,β-unsaturated/α-hetero) is 1. The Kier molecular flexibility index (Phi) is 3.19. The Morgan fingerprint density at radius 1 is 1.04 bits per heavy atom. The fourth-order valence-corrected chi connectivity index (χ4v) is 3.10. The highest BCUT2D eigenvalue weighted by molar-refractivity contribution is 6.04. The molecule has 7 heteroatoms. The van der Waals surface area contributed by atoms with Crippen LogP contribution in [0, 0.1) is 0 Å². The number of aromatic amines is 1. The van der Waals surface area contributed by atoms with Crippen molar-refractivity contribution in [1.29, 1.82) is 0 Å². The molecule has 4 nitrogen and oxygen atoms in total. The van der Waals surface area contributed by atoms with E-state index in [0.29, 0.717) is 17.7 Å². The minimum Gasteiger partial charge on any atom is -0.352 e. The summed E-state index contributed by atoms with van der Waals surface area (Å²) in [4.78, 5) is 21.9. The minimum absolute atomic E-state index is 0.104. The van der Waals surface area contributed by atoms with Crippen molar-refractivity contribution >= 4 is 16.7 Å². The molecule has 0 spiro atoms. The number of benzene rings is 1. The molecule has 122 valence electrons. The lowest BCUT2D eigenvalue weighted by Crippen LogP contribution is -2.10. The van der Waals surface area contributed by atoms with Crippen molar-refractivity contribution in [3.05, 3.63) is 47.7 Å². The maximum Gasteiger partial charge on any atom is 0.451 e. The molecule has 0 saturated carbocycles. The first kappa shape index (κ1) is 14.9. The molecule has 0 saturated heterocycles. The number of nitrogens with zero attached hydrogens (tertiary/aromatic N) is 2. The lowest BCUT2D eigenvalue weighted by Gasteiger charge is -2.10. The van der Waals surface area contributed by atoms with E-state index in [1.807, 2.05) is 12.1 Å². The summed E-state index contributed by atoms with van der Waals surface area (Å²) >= 11 is 0. The first-order valence-corrected chi connectivity index (χ1v) is 7.51. The van der Waals surface area contributed by atoms with Gasteiger partial charge in [-0.2, -0.15) is 13.2 Å². The molecule has 1 aromatic carbocycles. The van der Waals surface area contributed by atoms with E-state index in [2.05, 4.69) is 15.0 Å².